The summed E-state index contributed by atoms with van der Waals surface area (Å²) in [4.78, 5) is 10.7. The Hall–Kier alpha value is -3.92. The first kappa shape index (κ1) is 22.3. The lowest BCUT2D eigenvalue weighted by Crippen LogP contribution is -2.07. The summed E-state index contributed by atoms with van der Waals surface area (Å²) >= 11 is 1.35. The number of benzene rings is 3. The number of nitrogens with zero attached hydrogens (tertiary/aromatic N) is 4. The highest BCUT2D eigenvalue weighted by Crippen LogP contribution is 2.31. The second kappa shape index (κ2) is 10.1. The average Bonchev–Trinajstić information content (AvgIpc) is 3.25. The van der Waals surface area contributed by atoms with E-state index in [1.807, 2.05) is 34.9 Å². The topological polar surface area (TPSA) is 92.3 Å². The Morgan fingerprint density at radius 3 is 2.52 bits per heavy atom. The summed E-state index contributed by atoms with van der Waals surface area (Å²) in [6.07, 6.45) is 0. The van der Waals surface area contributed by atoms with Crippen molar-refractivity contribution < 1.29 is 18.8 Å². The maximum Gasteiger partial charge on any atom is 0.270 e. The molecule has 0 aliphatic carbocycles. The standard InChI is InChI=1S/C23H19FN4O4S/c1-31-20-12-11-18(28(29)30)13-16(20)15-33-23-26-25-22(27(23)17-7-3-2-4-8-17)14-32-21-10-6-5-9-19(21)24/h2-13H,14-15H2,1H3. The number of rotatable bonds is 9. The quantitative estimate of drug-likeness (QED) is 0.190. The molecule has 0 aliphatic rings. The minimum Gasteiger partial charge on any atom is -0.496 e. The summed E-state index contributed by atoms with van der Waals surface area (Å²) in [7, 11) is 1.51. The highest BCUT2D eigenvalue weighted by Gasteiger charge is 2.18. The van der Waals surface area contributed by atoms with Crippen molar-refractivity contribution in [1.29, 1.82) is 0 Å². The van der Waals surface area contributed by atoms with Crippen LogP contribution in [0.25, 0.3) is 5.69 Å². The molecular formula is C23H19FN4O4S. The van der Waals surface area contributed by atoms with E-state index >= 15 is 0 Å². The molecule has 0 fully saturated rings. The van der Waals surface area contributed by atoms with Crippen molar-refractivity contribution in [1.82, 2.24) is 14.8 Å². The molecule has 0 unspecified atom stereocenters. The normalized spacial score (nSPS) is 10.7. The van der Waals surface area contributed by atoms with Gasteiger partial charge in [-0.25, -0.2) is 4.39 Å². The molecule has 0 N–H and O–H groups in total. The van der Waals surface area contributed by atoms with Crippen LogP contribution >= 0.6 is 11.8 Å². The van der Waals surface area contributed by atoms with Crippen molar-refractivity contribution in [2.24, 2.45) is 0 Å². The molecule has 0 amide bonds. The van der Waals surface area contributed by atoms with E-state index in [1.165, 1.54) is 37.1 Å². The lowest BCUT2D eigenvalue weighted by molar-refractivity contribution is -0.384. The van der Waals surface area contributed by atoms with Gasteiger partial charge in [0, 0.05) is 29.1 Å². The van der Waals surface area contributed by atoms with Gasteiger partial charge in [-0.3, -0.25) is 14.7 Å². The lowest BCUT2D eigenvalue weighted by Gasteiger charge is -2.12. The Balaban J connectivity index is 1.62. The highest BCUT2D eigenvalue weighted by molar-refractivity contribution is 7.98. The zero-order valence-electron chi connectivity index (χ0n) is 17.6. The molecule has 33 heavy (non-hydrogen) atoms. The van der Waals surface area contributed by atoms with Crippen LogP contribution in [0.1, 0.15) is 11.4 Å². The first-order valence-electron chi connectivity index (χ1n) is 9.88. The fraction of sp³-hybridized carbons (Fsp3) is 0.130. The van der Waals surface area contributed by atoms with E-state index < -0.39 is 10.7 Å². The molecular weight excluding hydrogens is 447 g/mol. The van der Waals surface area contributed by atoms with E-state index in [0.717, 1.165) is 5.69 Å². The first-order valence-corrected chi connectivity index (χ1v) is 10.9. The minimum absolute atomic E-state index is 0.00349. The maximum atomic E-state index is 14.0. The van der Waals surface area contributed by atoms with Gasteiger partial charge in [0.1, 0.15) is 12.4 Å². The Morgan fingerprint density at radius 1 is 1.03 bits per heavy atom. The van der Waals surface area contributed by atoms with Crippen LogP contribution in [0.3, 0.4) is 0 Å². The van der Waals surface area contributed by atoms with E-state index in [0.29, 0.717) is 28.0 Å². The number of aromatic nitrogens is 3. The molecule has 8 nitrogen and oxygen atoms in total. The highest BCUT2D eigenvalue weighted by atomic mass is 32.2. The summed E-state index contributed by atoms with van der Waals surface area (Å²) < 4.78 is 26.8. The SMILES string of the molecule is COc1ccc([N+](=O)[O-])cc1CSc1nnc(COc2ccccc2F)n1-c1ccccc1. The van der Waals surface area contributed by atoms with Crippen LogP contribution in [0.4, 0.5) is 10.1 Å². The largest absolute Gasteiger partial charge is 0.496 e. The molecule has 0 saturated heterocycles. The Morgan fingerprint density at radius 2 is 1.79 bits per heavy atom. The van der Waals surface area contributed by atoms with Gasteiger partial charge in [0.25, 0.3) is 5.69 Å². The predicted octanol–water partition coefficient (Wildman–Crippen LogP) is 5.19. The molecule has 3 aromatic carbocycles. The van der Waals surface area contributed by atoms with E-state index in [4.69, 9.17) is 9.47 Å². The Bertz CT molecular complexity index is 1270. The van der Waals surface area contributed by atoms with E-state index in [9.17, 15) is 14.5 Å². The van der Waals surface area contributed by atoms with Crippen LogP contribution in [0.2, 0.25) is 0 Å². The molecule has 4 aromatic rings. The molecule has 4 rings (SSSR count). The monoisotopic (exact) mass is 466 g/mol. The van der Waals surface area contributed by atoms with Crippen molar-refractivity contribution in [2.45, 2.75) is 17.5 Å². The average molecular weight is 466 g/mol. The molecule has 0 aliphatic heterocycles. The lowest BCUT2D eigenvalue weighted by atomic mass is 10.2. The minimum atomic E-state index is -0.462. The number of methoxy groups -OCH3 is 1. The molecule has 0 bridgehead atoms. The molecule has 0 radical (unpaired) electrons. The second-order valence-corrected chi connectivity index (χ2v) is 7.77. The van der Waals surface area contributed by atoms with Crippen LogP contribution in [0.15, 0.2) is 78.0 Å². The third-order valence-electron chi connectivity index (χ3n) is 4.74. The van der Waals surface area contributed by atoms with Gasteiger partial charge >= 0.3 is 0 Å². The van der Waals surface area contributed by atoms with Gasteiger partial charge < -0.3 is 9.47 Å². The number of ether oxygens (including phenoxy) is 2. The molecule has 1 heterocycles. The number of hydrogen-bond acceptors (Lipinski definition) is 7. The number of halogens is 1. The number of hydrogen-bond donors (Lipinski definition) is 0. The van der Waals surface area contributed by atoms with Crippen molar-refractivity contribution in [3.8, 4) is 17.2 Å². The molecule has 168 valence electrons. The molecule has 10 heteroatoms. The van der Waals surface area contributed by atoms with Gasteiger partial charge in [-0.05, 0) is 30.3 Å². The molecule has 1 aromatic heterocycles. The Kier molecular flexibility index (Phi) is 6.84. The maximum absolute atomic E-state index is 14.0. The van der Waals surface area contributed by atoms with Crippen molar-refractivity contribution in [3.63, 3.8) is 0 Å². The summed E-state index contributed by atoms with van der Waals surface area (Å²) in [6.45, 7) is 0.00349. The molecule has 0 atom stereocenters. The summed E-state index contributed by atoms with van der Waals surface area (Å²) in [6, 6.07) is 20.1. The van der Waals surface area contributed by atoms with Crippen molar-refractivity contribution in [2.75, 3.05) is 7.11 Å². The second-order valence-electron chi connectivity index (χ2n) is 6.83. The fourth-order valence-corrected chi connectivity index (χ4v) is 4.11. The molecule has 0 saturated carbocycles. The van der Waals surface area contributed by atoms with Crippen molar-refractivity contribution >= 4 is 17.4 Å². The Labute approximate surface area is 193 Å². The van der Waals surface area contributed by atoms with E-state index in [1.54, 1.807) is 24.3 Å². The van der Waals surface area contributed by atoms with Crippen molar-refractivity contribution in [3.05, 3.63) is 100 Å². The number of para-hydroxylation sites is 2. The zero-order chi connectivity index (χ0) is 23.2. The van der Waals surface area contributed by atoms with E-state index in [-0.39, 0.29) is 18.0 Å². The van der Waals surface area contributed by atoms with Gasteiger partial charge in [-0.2, -0.15) is 0 Å². The van der Waals surface area contributed by atoms with Crippen LogP contribution in [0, 0.1) is 15.9 Å². The number of non-ortho nitro benzene ring substituents is 1. The first-order chi connectivity index (χ1) is 16.1. The predicted molar refractivity (Wildman–Crippen MR) is 121 cm³/mol. The van der Waals surface area contributed by atoms with Gasteiger partial charge in [-0.1, -0.05) is 42.1 Å². The van der Waals surface area contributed by atoms with Gasteiger partial charge in [0.2, 0.25) is 0 Å². The summed E-state index contributed by atoms with van der Waals surface area (Å²) in [5, 5.41) is 20.3. The summed E-state index contributed by atoms with van der Waals surface area (Å²) in [5.41, 5.74) is 1.45. The number of nitro benzene ring substituents is 1. The third-order valence-corrected chi connectivity index (χ3v) is 5.72. The van der Waals surface area contributed by atoms with Crippen LogP contribution in [-0.2, 0) is 12.4 Å². The van der Waals surface area contributed by atoms with E-state index in [2.05, 4.69) is 10.2 Å². The van der Waals surface area contributed by atoms with Crippen LogP contribution in [-0.4, -0.2) is 26.8 Å². The fourth-order valence-electron chi connectivity index (χ4n) is 3.16. The number of nitro groups is 1. The molecule has 0 spiro atoms. The smallest absolute Gasteiger partial charge is 0.270 e. The number of thioether (sulfide) groups is 1. The van der Waals surface area contributed by atoms with Gasteiger partial charge in [0.05, 0.1) is 12.0 Å². The van der Waals surface area contributed by atoms with Gasteiger partial charge in [0.15, 0.2) is 22.5 Å². The van der Waals surface area contributed by atoms with Gasteiger partial charge in [-0.15, -0.1) is 10.2 Å². The summed E-state index contributed by atoms with van der Waals surface area (Å²) in [5.74, 6) is 1.05. The van der Waals surface area contributed by atoms with Crippen LogP contribution < -0.4 is 9.47 Å². The zero-order valence-corrected chi connectivity index (χ0v) is 18.4. The third kappa shape index (κ3) is 5.12. The van der Waals surface area contributed by atoms with Crippen LogP contribution in [0.5, 0.6) is 11.5 Å².